The van der Waals surface area contributed by atoms with Crippen molar-refractivity contribution in [3.05, 3.63) is 0 Å². The fourth-order valence-electron chi connectivity index (χ4n) is 1.46. The highest BCUT2D eigenvalue weighted by Gasteiger charge is 2.14. The molecule has 1 saturated heterocycles. The summed E-state index contributed by atoms with van der Waals surface area (Å²) in [7, 11) is 3.46. The molecule has 1 rings (SSSR count). The summed E-state index contributed by atoms with van der Waals surface area (Å²) in [5.74, 6) is 1.13. The van der Waals surface area contributed by atoms with Gasteiger partial charge in [0.25, 0.3) is 0 Å². The molecule has 1 unspecified atom stereocenters. The summed E-state index contributed by atoms with van der Waals surface area (Å²) < 4.78 is 0. The van der Waals surface area contributed by atoms with Crippen LogP contribution < -0.4 is 10.6 Å². The Hall–Kier alpha value is -0.910. The maximum atomic E-state index is 11.2. The van der Waals surface area contributed by atoms with Gasteiger partial charge in [-0.15, -0.1) is 0 Å². The minimum atomic E-state index is -0.0686. The maximum Gasteiger partial charge on any atom is 0.316 e. The molecule has 0 aromatic carbocycles. The number of urea groups is 1. The Balaban J connectivity index is 2.22. The molecule has 1 heterocycles. The lowest BCUT2D eigenvalue weighted by Gasteiger charge is -2.24. The Morgan fingerprint density at radius 1 is 1.65 bits per heavy atom. The second-order valence-corrected chi connectivity index (χ2v) is 5.28. The minimum absolute atomic E-state index is 0.0686. The predicted molar refractivity (Wildman–Crippen MR) is 73.7 cm³/mol. The Morgan fingerprint density at radius 2 is 2.41 bits per heavy atom. The van der Waals surface area contributed by atoms with Crippen molar-refractivity contribution in [3.63, 3.8) is 0 Å². The fourth-order valence-corrected chi connectivity index (χ4v) is 2.49. The molecule has 1 fully saturated rings. The van der Waals surface area contributed by atoms with Crippen molar-refractivity contribution < 1.29 is 4.79 Å². The highest BCUT2D eigenvalue weighted by atomic mass is 32.2. The summed E-state index contributed by atoms with van der Waals surface area (Å²) in [5.41, 5.74) is 0. The first kappa shape index (κ1) is 14.2. The molecule has 5 nitrogen and oxygen atoms in total. The summed E-state index contributed by atoms with van der Waals surface area (Å²) in [4.78, 5) is 17.2. The average Bonchev–Trinajstić information content (AvgIpc) is 2.34. The molecule has 2 amide bonds. The van der Waals surface area contributed by atoms with E-state index in [0.717, 1.165) is 17.3 Å². The van der Waals surface area contributed by atoms with Gasteiger partial charge in [-0.1, -0.05) is 18.7 Å². The van der Waals surface area contributed by atoms with Gasteiger partial charge in [0.2, 0.25) is 0 Å². The number of amides is 2. The molecule has 0 aliphatic carbocycles. The number of nitrogens with zero attached hydrogens (tertiary/aromatic N) is 2. The van der Waals surface area contributed by atoms with Crippen LogP contribution in [-0.2, 0) is 0 Å². The largest absolute Gasteiger partial charge is 0.362 e. The number of carbonyl (C=O) groups excluding carboxylic acids is 1. The lowest BCUT2D eigenvalue weighted by atomic mass is 10.2. The number of amidine groups is 1. The van der Waals surface area contributed by atoms with Crippen LogP contribution in [0.5, 0.6) is 0 Å². The van der Waals surface area contributed by atoms with Crippen molar-refractivity contribution in [2.45, 2.75) is 25.8 Å². The molecule has 17 heavy (non-hydrogen) atoms. The van der Waals surface area contributed by atoms with Gasteiger partial charge in [0.1, 0.15) is 0 Å². The van der Waals surface area contributed by atoms with Crippen LogP contribution in [0.1, 0.15) is 19.8 Å². The van der Waals surface area contributed by atoms with Crippen LogP contribution in [0.4, 0.5) is 4.79 Å². The predicted octanol–water partition coefficient (Wildman–Crippen LogP) is 1.12. The van der Waals surface area contributed by atoms with Crippen molar-refractivity contribution >= 4 is 23.0 Å². The van der Waals surface area contributed by atoms with E-state index in [1.807, 2.05) is 0 Å². The first-order valence-corrected chi connectivity index (χ1v) is 7.01. The van der Waals surface area contributed by atoms with E-state index in [1.165, 1.54) is 11.3 Å². The van der Waals surface area contributed by atoms with Crippen LogP contribution in [0, 0.1) is 0 Å². The molecule has 1 aliphatic heterocycles. The van der Waals surface area contributed by atoms with Gasteiger partial charge in [-0.3, -0.25) is 4.99 Å². The number of hydrogen-bond acceptors (Lipinski definition) is 3. The number of hydrogen-bond donors (Lipinski definition) is 2. The average molecular weight is 258 g/mol. The van der Waals surface area contributed by atoms with Crippen molar-refractivity contribution in [3.8, 4) is 0 Å². The summed E-state index contributed by atoms with van der Waals surface area (Å²) in [6.45, 7) is 3.40. The van der Waals surface area contributed by atoms with Gasteiger partial charge in [0, 0.05) is 32.4 Å². The number of carbonyl (C=O) groups is 1. The van der Waals surface area contributed by atoms with Crippen LogP contribution in [-0.4, -0.2) is 55.1 Å². The molecule has 1 atom stereocenters. The molecule has 6 heteroatoms. The van der Waals surface area contributed by atoms with E-state index in [2.05, 4.69) is 22.5 Å². The normalized spacial score (nSPS) is 22.1. The Bertz CT molecular complexity index is 281. The second-order valence-electron chi connectivity index (χ2n) is 4.20. The quantitative estimate of drug-likeness (QED) is 0.743. The maximum absolute atomic E-state index is 11.2. The third-order valence-corrected chi connectivity index (χ3v) is 3.54. The Morgan fingerprint density at radius 3 is 3.06 bits per heavy atom. The zero-order chi connectivity index (χ0) is 12.7. The third-order valence-electron chi connectivity index (χ3n) is 2.58. The summed E-state index contributed by atoms with van der Waals surface area (Å²) in [6, 6.07) is 0.493. The van der Waals surface area contributed by atoms with E-state index in [9.17, 15) is 4.79 Å². The monoisotopic (exact) mass is 258 g/mol. The number of aliphatic imine (C=N–C) groups is 1. The van der Waals surface area contributed by atoms with Crippen molar-refractivity contribution in [1.82, 2.24) is 15.5 Å². The molecule has 0 radical (unpaired) electrons. The Labute approximate surface area is 107 Å². The molecule has 0 aromatic rings. The smallest absolute Gasteiger partial charge is 0.316 e. The van der Waals surface area contributed by atoms with Gasteiger partial charge >= 0.3 is 6.03 Å². The van der Waals surface area contributed by atoms with E-state index >= 15 is 0 Å². The number of rotatable bonds is 4. The standard InChI is InChI=1S/C11H22N4OS/c1-4-9-5-8-17-10(14-9)12-6-7-13-11(16)15(2)3/h9H,4-8H2,1-3H3,(H,12,14)(H,13,16). The summed E-state index contributed by atoms with van der Waals surface area (Å²) >= 11 is 1.76. The molecular formula is C11H22N4OS. The molecule has 1 aliphatic rings. The second kappa shape index (κ2) is 7.42. The number of nitrogens with one attached hydrogen (secondary N) is 2. The SMILES string of the molecule is CCC1CCSC(=NCCNC(=O)N(C)C)N1. The van der Waals surface area contributed by atoms with Gasteiger partial charge < -0.3 is 15.5 Å². The van der Waals surface area contributed by atoms with Gasteiger partial charge in [0.15, 0.2) is 5.17 Å². The number of thioether (sulfide) groups is 1. The van der Waals surface area contributed by atoms with Gasteiger partial charge in [-0.25, -0.2) is 4.79 Å². The van der Waals surface area contributed by atoms with Crippen LogP contribution in [0.15, 0.2) is 4.99 Å². The van der Waals surface area contributed by atoms with E-state index in [-0.39, 0.29) is 6.03 Å². The van der Waals surface area contributed by atoms with E-state index < -0.39 is 0 Å². The molecule has 0 aromatic heterocycles. The lowest BCUT2D eigenvalue weighted by Crippen LogP contribution is -2.38. The van der Waals surface area contributed by atoms with Crippen LogP contribution >= 0.6 is 11.8 Å². The van der Waals surface area contributed by atoms with Crippen molar-refractivity contribution in [2.75, 3.05) is 32.9 Å². The zero-order valence-corrected chi connectivity index (χ0v) is 11.6. The van der Waals surface area contributed by atoms with Crippen LogP contribution in [0.3, 0.4) is 0 Å². The highest BCUT2D eigenvalue weighted by molar-refractivity contribution is 8.13. The first-order chi connectivity index (χ1) is 8.13. The van der Waals surface area contributed by atoms with Gasteiger partial charge in [-0.05, 0) is 12.8 Å². The molecule has 0 spiro atoms. The third kappa shape index (κ3) is 5.30. The molecular weight excluding hydrogens is 236 g/mol. The molecule has 98 valence electrons. The van der Waals surface area contributed by atoms with Gasteiger partial charge in [0.05, 0.1) is 6.54 Å². The molecule has 0 bridgehead atoms. The van der Waals surface area contributed by atoms with E-state index in [0.29, 0.717) is 19.1 Å². The summed E-state index contributed by atoms with van der Waals surface area (Å²) in [6.07, 6.45) is 2.34. The van der Waals surface area contributed by atoms with Crippen LogP contribution in [0.2, 0.25) is 0 Å². The van der Waals surface area contributed by atoms with E-state index in [1.54, 1.807) is 25.9 Å². The van der Waals surface area contributed by atoms with Crippen molar-refractivity contribution in [2.24, 2.45) is 4.99 Å². The fraction of sp³-hybridized carbons (Fsp3) is 0.818. The van der Waals surface area contributed by atoms with E-state index in [4.69, 9.17) is 0 Å². The molecule has 0 saturated carbocycles. The minimum Gasteiger partial charge on any atom is -0.362 e. The van der Waals surface area contributed by atoms with Crippen LogP contribution in [0.25, 0.3) is 0 Å². The van der Waals surface area contributed by atoms with Crippen molar-refractivity contribution in [1.29, 1.82) is 0 Å². The summed E-state index contributed by atoms with van der Waals surface area (Å²) in [5, 5.41) is 7.21. The highest BCUT2D eigenvalue weighted by Crippen LogP contribution is 2.15. The van der Waals surface area contributed by atoms with Gasteiger partial charge in [-0.2, -0.15) is 0 Å². The first-order valence-electron chi connectivity index (χ1n) is 6.02. The molecule has 2 N–H and O–H groups in total. The zero-order valence-electron chi connectivity index (χ0n) is 10.8. The topological polar surface area (TPSA) is 56.7 Å². The lowest BCUT2D eigenvalue weighted by molar-refractivity contribution is 0.218. The Kier molecular flexibility index (Phi) is 6.18.